The van der Waals surface area contributed by atoms with Crippen molar-refractivity contribution in [2.75, 3.05) is 11.9 Å². The van der Waals surface area contributed by atoms with E-state index in [9.17, 15) is 9.59 Å². The Morgan fingerprint density at radius 2 is 1.80 bits per heavy atom. The maximum Gasteiger partial charge on any atom is 0.325 e. The summed E-state index contributed by atoms with van der Waals surface area (Å²) < 4.78 is 1.89. The van der Waals surface area contributed by atoms with Gasteiger partial charge in [0, 0.05) is 18.7 Å². The largest absolute Gasteiger partial charge is 0.325 e. The number of fused-ring (bicyclic) bond motifs is 3. The van der Waals surface area contributed by atoms with Gasteiger partial charge in [-0.15, -0.1) is 10.2 Å². The first-order chi connectivity index (χ1) is 11.9. The summed E-state index contributed by atoms with van der Waals surface area (Å²) in [4.78, 5) is 28.2. The van der Waals surface area contributed by atoms with Crippen LogP contribution in [0.3, 0.4) is 0 Å². The van der Waals surface area contributed by atoms with Crippen LogP contribution in [0.25, 0.3) is 11.4 Å². The molecule has 2 unspecified atom stereocenters. The van der Waals surface area contributed by atoms with Gasteiger partial charge in [0.2, 0.25) is 5.95 Å². The van der Waals surface area contributed by atoms with Gasteiger partial charge in [-0.25, -0.2) is 4.79 Å². The van der Waals surface area contributed by atoms with Crippen molar-refractivity contribution >= 4 is 17.9 Å². The van der Waals surface area contributed by atoms with Gasteiger partial charge in [-0.2, -0.15) is 0 Å². The number of hydrogen-bond donors (Lipinski definition) is 1. The van der Waals surface area contributed by atoms with Gasteiger partial charge in [0.1, 0.15) is 6.17 Å². The van der Waals surface area contributed by atoms with Gasteiger partial charge < -0.3 is 9.80 Å². The maximum absolute atomic E-state index is 12.5. The van der Waals surface area contributed by atoms with Gasteiger partial charge in [0.15, 0.2) is 11.9 Å². The van der Waals surface area contributed by atoms with Crippen LogP contribution in [-0.4, -0.2) is 50.7 Å². The molecular weight excluding hydrogens is 320 g/mol. The fourth-order valence-corrected chi connectivity index (χ4v) is 3.60. The van der Waals surface area contributed by atoms with Crippen LogP contribution in [0.1, 0.15) is 25.6 Å². The molecule has 2 aliphatic heterocycles. The van der Waals surface area contributed by atoms with Crippen LogP contribution in [-0.2, 0) is 4.79 Å². The Kier molecular flexibility index (Phi) is 3.31. The Morgan fingerprint density at radius 3 is 2.44 bits per heavy atom. The number of anilines is 1. The summed E-state index contributed by atoms with van der Waals surface area (Å²) in [6, 6.07) is 7.08. The number of carbonyl (C=O) groups is 2. The van der Waals surface area contributed by atoms with Crippen molar-refractivity contribution < 1.29 is 9.59 Å². The van der Waals surface area contributed by atoms with Crippen LogP contribution in [0.15, 0.2) is 24.3 Å². The molecule has 0 radical (unpaired) electrons. The summed E-state index contributed by atoms with van der Waals surface area (Å²) in [5, 5.41) is 11.1. The van der Waals surface area contributed by atoms with Crippen molar-refractivity contribution in [3.8, 4) is 11.4 Å². The summed E-state index contributed by atoms with van der Waals surface area (Å²) in [7, 11) is 1.69. The van der Waals surface area contributed by atoms with Crippen LogP contribution in [0, 0.1) is 6.92 Å². The Bertz CT molecular complexity index is 857. The number of urea groups is 1. The zero-order valence-electron chi connectivity index (χ0n) is 14.6. The summed E-state index contributed by atoms with van der Waals surface area (Å²) in [5.74, 6) is 0.960. The molecule has 0 bridgehead atoms. The fourth-order valence-electron chi connectivity index (χ4n) is 3.60. The molecule has 25 heavy (non-hydrogen) atoms. The second-order valence-corrected chi connectivity index (χ2v) is 6.82. The normalized spacial score (nSPS) is 22.3. The molecule has 130 valence electrons. The molecule has 1 aromatic heterocycles. The number of aromatic nitrogens is 3. The van der Waals surface area contributed by atoms with Crippen LogP contribution in [0.2, 0.25) is 0 Å². The van der Waals surface area contributed by atoms with E-state index >= 15 is 0 Å². The van der Waals surface area contributed by atoms with Crippen LogP contribution in [0.4, 0.5) is 10.7 Å². The molecule has 4 rings (SSSR count). The lowest BCUT2D eigenvalue weighted by Crippen LogP contribution is -2.62. The van der Waals surface area contributed by atoms with Crippen molar-refractivity contribution in [1.82, 2.24) is 25.0 Å². The minimum Gasteiger partial charge on any atom is -0.322 e. The molecule has 1 saturated heterocycles. The van der Waals surface area contributed by atoms with E-state index in [1.165, 1.54) is 0 Å². The molecule has 2 aromatic rings. The van der Waals surface area contributed by atoms with Crippen molar-refractivity contribution in [2.24, 2.45) is 0 Å². The molecule has 0 saturated carbocycles. The molecule has 1 aromatic carbocycles. The van der Waals surface area contributed by atoms with E-state index in [0.29, 0.717) is 11.8 Å². The topological polar surface area (TPSA) is 83.4 Å². The molecule has 2 aliphatic rings. The monoisotopic (exact) mass is 340 g/mol. The second kappa shape index (κ2) is 5.30. The third-order valence-electron chi connectivity index (χ3n) is 4.84. The van der Waals surface area contributed by atoms with E-state index in [-0.39, 0.29) is 11.9 Å². The third kappa shape index (κ3) is 2.13. The standard InChI is InChI=1S/C17H20N6O2/c1-9(2)22-12-14(24)18-17(25)21(4)15(12)23-13(19-20-16(22)23)11-7-5-10(3)6-8-11/h5-9,12,15H,1-4H3,(H,18,24,25). The lowest BCUT2D eigenvalue weighted by Gasteiger charge is -2.38. The maximum atomic E-state index is 12.5. The molecule has 1 N–H and O–H groups in total. The van der Waals surface area contributed by atoms with Gasteiger partial charge in [-0.1, -0.05) is 29.8 Å². The number of carbonyl (C=O) groups excluding carboxylic acids is 2. The summed E-state index contributed by atoms with van der Waals surface area (Å²) in [6.07, 6.45) is -0.468. The predicted molar refractivity (Wildman–Crippen MR) is 91.9 cm³/mol. The number of likely N-dealkylation sites (N-methyl/N-ethyl adjacent to an activating group) is 1. The number of amides is 3. The zero-order chi connectivity index (χ0) is 17.9. The Hall–Kier alpha value is -2.90. The van der Waals surface area contributed by atoms with E-state index in [2.05, 4.69) is 15.5 Å². The molecule has 2 atom stereocenters. The minimum absolute atomic E-state index is 0.0381. The number of rotatable bonds is 2. The number of nitrogens with zero attached hydrogens (tertiary/aromatic N) is 5. The van der Waals surface area contributed by atoms with Gasteiger partial charge >= 0.3 is 6.03 Å². The molecule has 8 heteroatoms. The molecule has 3 heterocycles. The predicted octanol–water partition coefficient (Wildman–Crippen LogP) is 1.53. The van der Waals surface area contributed by atoms with E-state index in [1.54, 1.807) is 11.9 Å². The number of benzene rings is 1. The quantitative estimate of drug-likeness (QED) is 0.896. The summed E-state index contributed by atoms with van der Waals surface area (Å²) in [6.45, 7) is 6.01. The highest BCUT2D eigenvalue weighted by Crippen LogP contribution is 2.41. The molecule has 8 nitrogen and oxygen atoms in total. The van der Waals surface area contributed by atoms with Crippen molar-refractivity contribution in [1.29, 1.82) is 0 Å². The second-order valence-electron chi connectivity index (χ2n) is 6.82. The van der Waals surface area contributed by atoms with Gasteiger partial charge in [0.05, 0.1) is 0 Å². The van der Waals surface area contributed by atoms with Crippen molar-refractivity contribution in [2.45, 2.75) is 39.0 Å². The van der Waals surface area contributed by atoms with Crippen LogP contribution < -0.4 is 10.2 Å². The number of aryl methyl sites for hydroxylation is 1. The van der Waals surface area contributed by atoms with E-state index in [1.807, 2.05) is 54.5 Å². The van der Waals surface area contributed by atoms with Crippen LogP contribution in [0.5, 0.6) is 0 Å². The SMILES string of the molecule is Cc1ccc(-c2nnc3n2C2C(C(=O)NC(=O)N2C)N3C(C)C)cc1. The highest BCUT2D eigenvalue weighted by molar-refractivity contribution is 6.02. The summed E-state index contributed by atoms with van der Waals surface area (Å²) in [5.41, 5.74) is 2.05. The first-order valence-corrected chi connectivity index (χ1v) is 8.28. The van der Waals surface area contributed by atoms with Crippen molar-refractivity contribution in [3.05, 3.63) is 29.8 Å². The van der Waals surface area contributed by atoms with Gasteiger partial charge in [0.25, 0.3) is 5.91 Å². The Labute approximate surface area is 145 Å². The Balaban J connectivity index is 1.90. The number of nitrogens with one attached hydrogen (secondary N) is 1. The average Bonchev–Trinajstić information content (AvgIpc) is 3.11. The lowest BCUT2D eigenvalue weighted by molar-refractivity contribution is -0.125. The van der Waals surface area contributed by atoms with E-state index < -0.39 is 18.2 Å². The van der Waals surface area contributed by atoms with Crippen LogP contribution >= 0.6 is 0 Å². The average molecular weight is 340 g/mol. The molecule has 1 fully saturated rings. The first-order valence-electron chi connectivity index (χ1n) is 8.28. The lowest BCUT2D eigenvalue weighted by atomic mass is 10.1. The van der Waals surface area contributed by atoms with E-state index in [4.69, 9.17) is 0 Å². The van der Waals surface area contributed by atoms with Gasteiger partial charge in [-0.3, -0.25) is 14.7 Å². The minimum atomic E-state index is -0.516. The van der Waals surface area contributed by atoms with Crippen molar-refractivity contribution in [3.63, 3.8) is 0 Å². The molecule has 0 aliphatic carbocycles. The smallest absolute Gasteiger partial charge is 0.322 e. The molecule has 3 amide bonds. The molecule has 0 spiro atoms. The number of hydrogen-bond acceptors (Lipinski definition) is 5. The summed E-state index contributed by atoms with van der Waals surface area (Å²) >= 11 is 0. The van der Waals surface area contributed by atoms with Gasteiger partial charge in [-0.05, 0) is 20.8 Å². The fraction of sp³-hybridized carbons (Fsp3) is 0.412. The highest BCUT2D eigenvalue weighted by Gasteiger charge is 2.53. The number of imide groups is 1. The van der Waals surface area contributed by atoms with E-state index in [0.717, 1.165) is 11.1 Å². The third-order valence-corrected chi connectivity index (χ3v) is 4.84. The zero-order valence-corrected chi connectivity index (χ0v) is 14.6. The first kappa shape index (κ1) is 15.6. The highest BCUT2D eigenvalue weighted by atomic mass is 16.2. The Morgan fingerprint density at radius 1 is 1.12 bits per heavy atom. The molecular formula is C17H20N6O2.